The maximum atomic E-state index is 13.3. The molecule has 1 aromatic carbocycles. The second-order valence-electron chi connectivity index (χ2n) is 5.51. The summed E-state index contributed by atoms with van der Waals surface area (Å²) in [5, 5.41) is 0. The summed E-state index contributed by atoms with van der Waals surface area (Å²) in [6.45, 7) is 5.60. The Kier molecular flexibility index (Phi) is 3.89. The first-order chi connectivity index (χ1) is 9.13. The van der Waals surface area contributed by atoms with E-state index in [1.165, 1.54) is 6.07 Å². The van der Waals surface area contributed by atoms with Crippen molar-refractivity contribution in [2.75, 3.05) is 32.7 Å². The zero-order valence-corrected chi connectivity index (χ0v) is 12.4. The number of nitrogens with zero attached hydrogens (tertiary/aromatic N) is 2. The van der Waals surface area contributed by atoms with Gasteiger partial charge in [-0.25, -0.2) is 4.39 Å². The third kappa shape index (κ3) is 2.84. The van der Waals surface area contributed by atoms with Crippen molar-refractivity contribution in [3.8, 4) is 0 Å². The van der Waals surface area contributed by atoms with Crippen molar-refractivity contribution in [2.24, 2.45) is 5.73 Å². The smallest absolute Gasteiger partial charge is 0.123 e. The normalized spacial score (nSPS) is 31.4. The highest BCUT2D eigenvalue weighted by Crippen LogP contribution is 2.23. The number of hydrogen-bond donors (Lipinski definition) is 1. The van der Waals surface area contributed by atoms with E-state index in [1.54, 1.807) is 12.1 Å². The van der Waals surface area contributed by atoms with Crippen molar-refractivity contribution in [3.05, 3.63) is 34.1 Å². The number of rotatable bonds is 3. The summed E-state index contributed by atoms with van der Waals surface area (Å²) >= 11 is 3.48. The Hall–Kier alpha value is -0.490. The molecule has 0 spiro atoms. The Bertz CT molecular complexity index is 460. The average molecular weight is 328 g/mol. The van der Waals surface area contributed by atoms with Crippen LogP contribution in [0.5, 0.6) is 0 Å². The van der Waals surface area contributed by atoms with Crippen LogP contribution in [0.2, 0.25) is 0 Å². The van der Waals surface area contributed by atoms with Crippen LogP contribution in [0.15, 0.2) is 22.7 Å². The second-order valence-corrected chi connectivity index (χ2v) is 6.36. The van der Waals surface area contributed by atoms with E-state index in [2.05, 4.69) is 25.7 Å². The SMILES string of the molecule is NC(Cc1cc(F)ccc1Br)C1CN2CCN1CC2. The summed E-state index contributed by atoms with van der Waals surface area (Å²) in [7, 11) is 0. The first kappa shape index (κ1) is 13.5. The van der Waals surface area contributed by atoms with Crippen LogP contribution in [-0.4, -0.2) is 54.6 Å². The number of benzene rings is 1. The topological polar surface area (TPSA) is 32.5 Å². The maximum Gasteiger partial charge on any atom is 0.123 e. The quantitative estimate of drug-likeness (QED) is 0.912. The summed E-state index contributed by atoms with van der Waals surface area (Å²) in [5.74, 6) is -0.195. The van der Waals surface area contributed by atoms with Gasteiger partial charge >= 0.3 is 0 Å². The molecule has 5 heteroatoms. The molecule has 0 amide bonds. The van der Waals surface area contributed by atoms with Crippen molar-refractivity contribution in [1.29, 1.82) is 0 Å². The van der Waals surface area contributed by atoms with Gasteiger partial charge in [0.05, 0.1) is 0 Å². The first-order valence-corrected chi connectivity index (χ1v) is 7.59. The van der Waals surface area contributed by atoms with E-state index in [9.17, 15) is 4.39 Å². The molecular weight excluding hydrogens is 309 g/mol. The molecule has 19 heavy (non-hydrogen) atoms. The molecule has 0 saturated carbocycles. The number of halogens is 2. The number of piperazine rings is 3. The molecule has 3 aliphatic rings. The van der Waals surface area contributed by atoms with E-state index < -0.39 is 0 Å². The molecule has 3 aliphatic heterocycles. The van der Waals surface area contributed by atoms with Gasteiger partial charge in [-0.2, -0.15) is 0 Å². The van der Waals surface area contributed by atoms with Crippen LogP contribution in [0.25, 0.3) is 0 Å². The molecular formula is C14H19BrFN3. The monoisotopic (exact) mass is 327 g/mol. The van der Waals surface area contributed by atoms with E-state index in [0.29, 0.717) is 12.5 Å². The highest BCUT2D eigenvalue weighted by atomic mass is 79.9. The summed E-state index contributed by atoms with van der Waals surface area (Å²) < 4.78 is 14.3. The van der Waals surface area contributed by atoms with Gasteiger partial charge in [0.2, 0.25) is 0 Å². The van der Waals surface area contributed by atoms with Gasteiger partial charge in [-0.15, -0.1) is 0 Å². The van der Waals surface area contributed by atoms with Crippen LogP contribution in [0.1, 0.15) is 5.56 Å². The second kappa shape index (κ2) is 5.48. The molecule has 0 radical (unpaired) electrons. The van der Waals surface area contributed by atoms with Gasteiger partial charge < -0.3 is 5.73 Å². The molecule has 104 valence electrons. The van der Waals surface area contributed by atoms with Crippen molar-refractivity contribution in [3.63, 3.8) is 0 Å². The van der Waals surface area contributed by atoms with Crippen LogP contribution in [-0.2, 0) is 6.42 Å². The lowest BCUT2D eigenvalue weighted by Crippen LogP contribution is -2.66. The summed E-state index contributed by atoms with van der Waals surface area (Å²) in [6.07, 6.45) is 0.716. The summed E-state index contributed by atoms with van der Waals surface area (Å²) in [5.41, 5.74) is 7.34. The van der Waals surface area contributed by atoms with Gasteiger partial charge in [0, 0.05) is 49.3 Å². The van der Waals surface area contributed by atoms with Crippen molar-refractivity contribution >= 4 is 15.9 Å². The van der Waals surface area contributed by atoms with Crippen molar-refractivity contribution < 1.29 is 4.39 Å². The van der Waals surface area contributed by atoms with Crippen LogP contribution < -0.4 is 5.73 Å². The van der Waals surface area contributed by atoms with Crippen molar-refractivity contribution in [1.82, 2.24) is 9.80 Å². The lowest BCUT2D eigenvalue weighted by Gasteiger charge is -2.49. The largest absolute Gasteiger partial charge is 0.326 e. The first-order valence-electron chi connectivity index (χ1n) is 6.79. The van der Waals surface area contributed by atoms with E-state index in [-0.39, 0.29) is 11.9 Å². The minimum absolute atomic E-state index is 0.0567. The summed E-state index contributed by atoms with van der Waals surface area (Å²) in [6, 6.07) is 5.27. The lowest BCUT2D eigenvalue weighted by molar-refractivity contribution is 0.00256. The molecule has 0 aliphatic carbocycles. The molecule has 2 N–H and O–H groups in total. The number of hydrogen-bond acceptors (Lipinski definition) is 3. The molecule has 3 saturated heterocycles. The maximum absolute atomic E-state index is 13.3. The fraction of sp³-hybridized carbons (Fsp3) is 0.571. The molecule has 4 rings (SSSR count). The Balaban J connectivity index is 1.71. The molecule has 3 fully saturated rings. The van der Waals surface area contributed by atoms with Gasteiger partial charge in [0.1, 0.15) is 5.82 Å². The Morgan fingerprint density at radius 3 is 2.68 bits per heavy atom. The van der Waals surface area contributed by atoms with Crippen LogP contribution in [0.3, 0.4) is 0 Å². The number of nitrogens with two attached hydrogens (primary N) is 1. The van der Waals surface area contributed by atoms with Gasteiger partial charge in [0.25, 0.3) is 0 Å². The molecule has 2 unspecified atom stereocenters. The predicted octanol–water partition coefficient (Wildman–Crippen LogP) is 1.46. The molecule has 3 heterocycles. The van der Waals surface area contributed by atoms with Crippen LogP contribution in [0.4, 0.5) is 4.39 Å². The fourth-order valence-electron chi connectivity index (χ4n) is 3.15. The molecule has 1 aromatic rings. The minimum Gasteiger partial charge on any atom is -0.326 e. The highest BCUT2D eigenvalue weighted by Gasteiger charge is 2.35. The van der Waals surface area contributed by atoms with Gasteiger partial charge in [-0.1, -0.05) is 15.9 Å². The molecule has 3 nitrogen and oxygen atoms in total. The van der Waals surface area contributed by atoms with Gasteiger partial charge in [0.15, 0.2) is 0 Å². The average Bonchev–Trinajstić information content (AvgIpc) is 2.44. The van der Waals surface area contributed by atoms with Crippen LogP contribution in [0, 0.1) is 5.82 Å². The Labute approximate surface area is 121 Å². The highest BCUT2D eigenvalue weighted by molar-refractivity contribution is 9.10. The zero-order chi connectivity index (χ0) is 13.4. The van der Waals surface area contributed by atoms with Crippen LogP contribution >= 0.6 is 15.9 Å². The lowest BCUT2D eigenvalue weighted by atomic mass is 9.95. The zero-order valence-electron chi connectivity index (χ0n) is 10.9. The van der Waals surface area contributed by atoms with Gasteiger partial charge in [-0.05, 0) is 30.2 Å². The van der Waals surface area contributed by atoms with E-state index in [0.717, 1.165) is 42.8 Å². The van der Waals surface area contributed by atoms with Crippen molar-refractivity contribution in [2.45, 2.75) is 18.5 Å². The predicted molar refractivity (Wildman–Crippen MR) is 77.6 cm³/mol. The van der Waals surface area contributed by atoms with E-state index in [4.69, 9.17) is 5.73 Å². The Morgan fingerprint density at radius 1 is 1.32 bits per heavy atom. The molecule has 2 bridgehead atoms. The molecule has 0 aromatic heterocycles. The summed E-state index contributed by atoms with van der Waals surface area (Å²) in [4.78, 5) is 4.96. The minimum atomic E-state index is -0.195. The van der Waals surface area contributed by atoms with E-state index >= 15 is 0 Å². The Morgan fingerprint density at radius 2 is 2.05 bits per heavy atom. The molecule has 2 atom stereocenters. The standard InChI is InChI=1S/C14H19BrFN3/c15-12-2-1-11(16)7-10(12)8-13(17)14-9-18-3-5-19(14)6-4-18/h1-2,7,13-14H,3-6,8-9,17H2. The fourth-order valence-corrected chi connectivity index (χ4v) is 3.56. The number of fused-ring (bicyclic) bond motifs is 3. The van der Waals surface area contributed by atoms with E-state index in [1.807, 2.05) is 0 Å². The van der Waals surface area contributed by atoms with Gasteiger partial charge in [-0.3, -0.25) is 9.80 Å². The third-order valence-corrected chi connectivity index (χ3v) is 5.05. The third-order valence-electron chi connectivity index (χ3n) is 4.28.